The number of rotatable bonds is 1. The Bertz CT molecular complexity index is 2310. The van der Waals surface area contributed by atoms with Crippen LogP contribution in [-0.4, -0.2) is 21.0 Å². The SMILES string of the molecule is c1cnc2c(c1)B1N(c3ccccc3-2)c2cc(-n3c4ccccc4c4ccccc43)cc3c4ccccc4n1c23. The molecule has 0 unspecified atom stereocenters. The summed E-state index contributed by atoms with van der Waals surface area (Å²) in [7, 11) is 0. The van der Waals surface area contributed by atoms with E-state index < -0.39 is 0 Å². The Morgan fingerprint density at radius 2 is 1.20 bits per heavy atom. The zero-order chi connectivity index (χ0) is 25.9. The van der Waals surface area contributed by atoms with Gasteiger partial charge in [0.2, 0.25) is 0 Å². The summed E-state index contributed by atoms with van der Waals surface area (Å²) in [6.07, 6.45) is 1.91. The zero-order valence-corrected chi connectivity index (χ0v) is 21.5. The maximum absolute atomic E-state index is 4.89. The lowest BCUT2D eigenvalue weighted by atomic mass is 9.61. The van der Waals surface area contributed by atoms with Gasteiger partial charge in [0.05, 0.1) is 27.9 Å². The quantitative estimate of drug-likeness (QED) is 0.213. The van der Waals surface area contributed by atoms with E-state index in [1.165, 1.54) is 71.7 Å². The topological polar surface area (TPSA) is 26.0 Å². The molecule has 0 spiro atoms. The Morgan fingerprint density at radius 3 is 1.98 bits per heavy atom. The van der Waals surface area contributed by atoms with Crippen molar-refractivity contribution < 1.29 is 0 Å². The fourth-order valence-corrected chi connectivity index (χ4v) is 7.38. The molecule has 0 bridgehead atoms. The van der Waals surface area contributed by atoms with Crippen molar-refractivity contribution in [1.29, 1.82) is 0 Å². The predicted octanol–water partition coefficient (Wildman–Crippen LogP) is 7.66. The maximum atomic E-state index is 4.89. The summed E-state index contributed by atoms with van der Waals surface area (Å²) in [6.45, 7) is 0.00407. The molecular weight excluding hydrogens is 487 g/mol. The average molecular weight is 508 g/mol. The van der Waals surface area contributed by atoms with Gasteiger partial charge < -0.3 is 13.9 Å². The molecule has 10 rings (SSSR count). The van der Waals surface area contributed by atoms with Gasteiger partial charge in [0.15, 0.2) is 0 Å². The number of benzene rings is 5. The molecule has 5 heteroatoms. The van der Waals surface area contributed by atoms with Crippen molar-refractivity contribution >= 4 is 67.4 Å². The molecule has 0 aliphatic carbocycles. The number of anilines is 2. The Morgan fingerprint density at radius 1 is 0.550 bits per heavy atom. The van der Waals surface area contributed by atoms with Gasteiger partial charge in [-0.15, -0.1) is 0 Å². The average Bonchev–Trinajstić information content (AvgIpc) is 3.66. The number of pyridine rings is 1. The first-order valence-electron chi connectivity index (χ1n) is 13.8. The summed E-state index contributed by atoms with van der Waals surface area (Å²) in [5, 5.41) is 5.11. The van der Waals surface area contributed by atoms with Crippen molar-refractivity contribution in [2.45, 2.75) is 0 Å². The lowest BCUT2D eigenvalue weighted by Crippen LogP contribution is -2.51. The Labute approximate surface area is 230 Å². The molecule has 40 heavy (non-hydrogen) atoms. The molecular formula is C35H21BN4. The van der Waals surface area contributed by atoms with Crippen molar-refractivity contribution in [3.8, 4) is 16.9 Å². The van der Waals surface area contributed by atoms with Gasteiger partial charge in [-0.1, -0.05) is 78.9 Å². The fourth-order valence-electron chi connectivity index (χ4n) is 7.38. The van der Waals surface area contributed by atoms with E-state index in [-0.39, 0.29) is 6.98 Å². The zero-order valence-electron chi connectivity index (χ0n) is 21.5. The standard InChI is InChI=1S/C35H21BN4/c1-5-15-29-23(10-1)24-11-2-6-16-30(24)38(29)22-20-27-25-12-3-7-17-31(25)40-35(27)33(21-22)39-32-18-8-4-13-26(32)34-28(36(39)40)14-9-19-37-34/h1-21H. The normalized spacial score (nSPS) is 13.4. The van der Waals surface area contributed by atoms with Gasteiger partial charge in [0, 0.05) is 50.2 Å². The number of para-hydroxylation sites is 4. The van der Waals surface area contributed by atoms with Gasteiger partial charge in [-0.2, -0.15) is 0 Å². The van der Waals surface area contributed by atoms with Crippen molar-refractivity contribution in [3.05, 3.63) is 128 Å². The molecule has 4 nitrogen and oxygen atoms in total. The van der Waals surface area contributed by atoms with E-state index in [0.29, 0.717) is 0 Å². The molecule has 0 radical (unpaired) electrons. The van der Waals surface area contributed by atoms with Gasteiger partial charge >= 0.3 is 6.98 Å². The molecule has 184 valence electrons. The van der Waals surface area contributed by atoms with Crippen molar-refractivity contribution in [1.82, 2.24) is 14.0 Å². The van der Waals surface area contributed by atoms with E-state index >= 15 is 0 Å². The Hall–Kier alpha value is -5.29. The van der Waals surface area contributed by atoms with E-state index in [2.05, 4.69) is 135 Å². The van der Waals surface area contributed by atoms with Gasteiger partial charge in [0.25, 0.3) is 0 Å². The largest absolute Gasteiger partial charge is 0.423 e. The van der Waals surface area contributed by atoms with Crippen LogP contribution in [0.25, 0.3) is 60.6 Å². The molecule has 5 heterocycles. The van der Waals surface area contributed by atoms with Gasteiger partial charge in [-0.05, 0) is 47.9 Å². The molecule has 0 amide bonds. The third-order valence-corrected chi connectivity index (χ3v) is 8.89. The van der Waals surface area contributed by atoms with Crippen LogP contribution in [0.4, 0.5) is 11.4 Å². The van der Waals surface area contributed by atoms with Crippen LogP contribution in [0.5, 0.6) is 0 Å². The summed E-state index contributed by atoms with van der Waals surface area (Å²) in [4.78, 5) is 7.43. The minimum absolute atomic E-state index is 0.00407. The highest BCUT2D eigenvalue weighted by atomic mass is 15.2. The minimum Gasteiger partial charge on any atom is -0.359 e. The third kappa shape index (κ3) is 2.37. The number of hydrogen-bond acceptors (Lipinski definition) is 2. The Kier molecular flexibility index (Phi) is 3.73. The first kappa shape index (κ1) is 20.6. The van der Waals surface area contributed by atoms with Crippen LogP contribution >= 0.6 is 0 Å². The molecule has 5 aromatic carbocycles. The Balaban J connectivity index is 1.38. The third-order valence-electron chi connectivity index (χ3n) is 8.89. The number of aromatic nitrogens is 3. The van der Waals surface area contributed by atoms with Gasteiger partial charge in [0.1, 0.15) is 0 Å². The van der Waals surface area contributed by atoms with E-state index in [4.69, 9.17) is 4.98 Å². The molecule has 3 aromatic heterocycles. The van der Waals surface area contributed by atoms with Crippen LogP contribution in [0, 0.1) is 0 Å². The van der Waals surface area contributed by atoms with Gasteiger partial charge in [-0.25, -0.2) is 0 Å². The molecule has 2 aliphatic rings. The maximum Gasteiger partial charge on any atom is 0.423 e. The van der Waals surface area contributed by atoms with E-state index in [0.717, 1.165) is 5.69 Å². The van der Waals surface area contributed by atoms with E-state index in [1.54, 1.807) is 0 Å². The second-order valence-electron chi connectivity index (χ2n) is 10.8. The molecule has 0 N–H and O–H groups in total. The van der Waals surface area contributed by atoms with Crippen LogP contribution in [-0.2, 0) is 0 Å². The van der Waals surface area contributed by atoms with Crippen LogP contribution in [0.2, 0.25) is 0 Å². The number of fused-ring (bicyclic) bond motifs is 14. The van der Waals surface area contributed by atoms with Crippen LogP contribution in [0.3, 0.4) is 0 Å². The van der Waals surface area contributed by atoms with Crippen LogP contribution in [0.15, 0.2) is 128 Å². The van der Waals surface area contributed by atoms with Crippen molar-refractivity contribution in [3.63, 3.8) is 0 Å². The molecule has 0 fully saturated rings. The predicted molar refractivity (Wildman–Crippen MR) is 166 cm³/mol. The summed E-state index contributed by atoms with van der Waals surface area (Å²) in [5.74, 6) is 0. The lowest BCUT2D eigenvalue weighted by Gasteiger charge is -2.34. The monoisotopic (exact) mass is 508 g/mol. The van der Waals surface area contributed by atoms with Crippen LogP contribution in [0.1, 0.15) is 0 Å². The molecule has 0 saturated carbocycles. The summed E-state index contributed by atoms with van der Waals surface area (Å²) < 4.78 is 4.97. The molecule has 0 atom stereocenters. The summed E-state index contributed by atoms with van der Waals surface area (Å²) in [6, 6.07) is 44.2. The highest BCUT2D eigenvalue weighted by Crippen LogP contribution is 2.49. The van der Waals surface area contributed by atoms with Crippen molar-refractivity contribution in [2.75, 3.05) is 4.81 Å². The highest BCUT2D eigenvalue weighted by molar-refractivity contribution is 6.82. The highest BCUT2D eigenvalue weighted by Gasteiger charge is 2.45. The first-order valence-corrected chi connectivity index (χ1v) is 13.8. The second-order valence-corrected chi connectivity index (χ2v) is 10.8. The molecule has 8 aromatic rings. The smallest absolute Gasteiger partial charge is 0.359 e. The fraction of sp³-hybridized carbons (Fsp3) is 0. The summed E-state index contributed by atoms with van der Waals surface area (Å²) in [5.41, 5.74) is 12.1. The molecule has 2 aliphatic heterocycles. The van der Waals surface area contributed by atoms with E-state index in [1.807, 2.05) is 6.20 Å². The first-order chi connectivity index (χ1) is 19.9. The lowest BCUT2D eigenvalue weighted by molar-refractivity contribution is 1.18. The summed E-state index contributed by atoms with van der Waals surface area (Å²) >= 11 is 0. The van der Waals surface area contributed by atoms with Crippen LogP contribution < -0.4 is 10.3 Å². The number of hydrogen-bond donors (Lipinski definition) is 0. The van der Waals surface area contributed by atoms with E-state index in [9.17, 15) is 0 Å². The number of nitrogens with zero attached hydrogens (tertiary/aromatic N) is 4. The minimum atomic E-state index is 0.00407. The second kappa shape index (κ2) is 7.22. The molecule has 0 saturated heterocycles. The van der Waals surface area contributed by atoms with Gasteiger partial charge in [-0.3, -0.25) is 4.98 Å². The van der Waals surface area contributed by atoms with Crippen molar-refractivity contribution in [2.24, 2.45) is 0 Å².